The topological polar surface area (TPSA) is 30.7 Å². The molecule has 3 nitrogen and oxygen atoms in total. The third-order valence-corrected chi connectivity index (χ3v) is 8.65. The van der Waals surface area contributed by atoms with Crippen LogP contribution in [0.3, 0.4) is 0 Å². The maximum Gasteiger partial charge on any atom is 0.164 e. The summed E-state index contributed by atoms with van der Waals surface area (Å²) in [4.78, 5) is 10.5. The number of nitrogens with zero attached hydrogens (tertiary/aromatic N) is 3. The van der Waals surface area contributed by atoms with E-state index in [1.807, 2.05) is 12.1 Å². The first-order chi connectivity index (χ1) is 19.6. The summed E-state index contributed by atoms with van der Waals surface area (Å²) in [5, 5.41) is 1.32. The maximum atomic E-state index is 5.32. The van der Waals surface area contributed by atoms with Crippen LogP contribution in [0, 0.1) is 0 Å². The van der Waals surface area contributed by atoms with Gasteiger partial charge < -0.3 is 0 Å². The van der Waals surface area contributed by atoms with Gasteiger partial charge >= 0.3 is 0 Å². The van der Waals surface area contributed by atoms with Crippen molar-refractivity contribution < 1.29 is 0 Å². The molecule has 0 aliphatic heterocycles. The van der Waals surface area contributed by atoms with Crippen LogP contribution in [0.25, 0.3) is 57.2 Å². The van der Waals surface area contributed by atoms with Crippen LogP contribution in [0.15, 0.2) is 97.1 Å². The Labute approximate surface area is 234 Å². The summed E-state index contributed by atoms with van der Waals surface area (Å²) in [5.41, 5.74) is 12.7. The summed E-state index contributed by atoms with van der Waals surface area (Å²) in [7, 11) is 0. The first kappa shape index (κ1) is 23.2. The van der Waals surface area contributed by atoms with Crippen molar-refractivity contribution in [1.82, 2.24) is 14.5 Å². The molecule has 2 aromatic heterocycles. The molecule has 40 heavy (non-hydrogen) atoms. The summed E-state index contributed by atoms with van der Waals surface area (Å²) in [5.74, 6) is 0.897. The Morgan fingerprint density at radius 3 is 2.27 bits per heavy atom. The molecule has 2 aliphatic rings. The zero-order valence-electron chi connectivity index (χ0n) is 22.7. The second-order valence-electron chi connectivity index (χ2n) is 11.4. The Bertz CT molecular complexity index is 2020. The third-order valence-electron chi connectivity index (χ3n) is 8.65. The van der Waals surface area contributed by atoms with E-state index in [0.29, 0.717) is 0 Å². The molecule has 8 rings (SSSR count). The van der Waals surface area contributed by atoms with Gasteiger partial charge in [0.1, 0.15) is 5.69 Å². The zero-order valence-corrected chi connectivity index (χ0v) is 22.7. The molecule has 0 N–H and O–H groups in total. The van der Waals surface area contributed by atoms with E-state index in [0.717, 1.165) is 41.0 Å². The highest BCUT2D eigenvalue weighted by Gasteiger charge is 2.34. The number of para-hydroxylation sites is 2. The van der Waals surface area contributed by atoms with Crippen molar-refractivity contribution in [2.24, 2.45) is 0 Å². The molecule has 0 radical (unpaired) electrons. The van der Waals surface area contributed by atoms with E-state index in [9.17, 15) is 0 Å². The van der Waals surface area contributed by atoms with Crippen molar-refractivity contribution in [2.45, 2.75) is 32.1 Å². The van der Waals surface area contributed by atoms with Gasteiger partial charge in [0.15, 0.2) is 5.82 Å². The first-order valence-electron chi connectivity index (χ1n) is 14.1. The zero-order chi connectivity index (χ0) is 26.8. The van der Waals surface area contributed by atoms with E-state index in [-0.39, 0.29) is 5.41 Å². The third kappa shape index (κ3) is 3.31. The van der Waals surface area contributed by atoms with Crippen LogP contribution in [-0.4, -0.2) is 14.5 Å². The van der Waals surface area contributed by atoms with E-state index in [1.165, 1.54) is 44.4 Å². The Balaban J connectivity index is 1.51. The fourth-order valence-electron chi connectivity index (χ4n) is 6.84. The molecule has 0 bridgehead atoms. The number of fused-ring (bicyclic) bond motifs is 7. The minimum absolute atomic E-state index is 0.183. The van der Waals surface area contributed by atoms with Gasteiger partial charge in [-0.25, -0.2) is 9.97 Å². The maximum absolute atomic E-state index is 5.32. The Morgan fingerprint density at radius 1 is 0.700 bits per heavy atom. The average Bonchev–Trinajstić information content (AvgIpc) is 3.28. The van der Waals surface area contributed by atoms with E-state index in [4.69, 9.17) is 9.97 Å². The van der Waals surface area contributed by atoms with Crippen molar-refractivity contribution in [2.75, 3.05) is 0 Å². The number of hydrogen-bond donors (Lipinski definition) is 0. The van der Waals surface area contributed by atoms with Crippen LogP contribution in [0.1, 0.15) is 53.8 Å². The standard InChI is InChI=1S/C37H29N3/c1-37(2)28-16-8-6-12-24(28)20-21-25-22-23-32-33(34(25)37)27-15-7-11-19-31(27)40(32)36-35(26-13-4-3-5-14-26)38-29-17-9-10-18-30(29)39-36/h3-10,12-18,20-23H,11,19H2,1-2H3. The number of rotatable bonds is 2. The van der Waals surface area contributed by atoms with Crippen LogP contribution in [0.2, 0.25) is 0 Å². The largest absolute Gasteiger partial charge is 0.296 e. The SMILES string of the molecule is CC1(C)c2ccccc2C=Cc2ccc3c(c4c(n3-c3nc5ccccc5nc3-c3ccccc3)CCC=C4)c21. The molecule has 192 valence electrons. The lowest BCUT2D eigenvalue weighted by Crippen LogP contribution is -2.21. The van der Waals surface area contributed by atoms with Gasteiger partial charge in [0, 0.05) is 27.6 Å². The van der Waals surface area contributed by atoms with Gasteiger partial charge in [0.05, 0.1) is 16.6 Å². The highest BCUT2D eigenvalue weighted by atomic mass is 15.1. The lowest BCUT2D eigenvalue weighted by molar-refractivity contribution is 0.645. The average molecular weight is 516 g/mol. The van der Waals surface area contributed by atoms with Gasteiger partial charge in [-0.05, 0) is 53.3 Å². The highest BCUT2D eigenvalue weighted by molar-refractivity contribution is 6.00. The summed E-state index contributed by atoms with van der Waals surface area (Å²) in [6, 6.07) is 32.1. The molecule has 0 saturated heterocycles. The van der Waals surface area contributed by atoms with Crippen molar-refractivity contribution in [3.05, 3.63) is 131 Å². The summed E-state index contributed by atoms with van der Waals surface area (Å²) >= 11 is 0. The van der Waals surface area contributed by atoms with Crippen LogP contribution >= 0.6 is 0 Å². The molecule has 0 fully saturated rings. The molecular formula is C37H29N3. The van der Waals surface area contributed by atoms with Crippen LogP contribution in [0.5, 0.6) is 0 Å². The van der Waals surface area contributed by atoms with Gasteiger partial charge in [-0.3, -0.25) is 4.57 Å². The predicted molar refractivity (Wildman–Crippen MR) is 167 cm³/mol. The molecule has 0 unspecified atom stereocenters. The Kier molecular flexibility index (Phi) is 4.99. The van der Waals surface area contributed by atoms with Crippen LogP contribution < -0.4 is 0 Å². The van der Waals surface area contributed by atoms with E-state index < -0.39 is 0 Å². The van der Waals surface area contributed by atoms with Gasteiger partial charge in [-0.15, -0.1) is 0 Å². The normalized spacial score (nSPS) is 15.1. The highest BCUT2D eigenvalue weighted by Crippen LogP contribution is 2.47. The number of aromatic nitrogens is 3. The van der Waals surface area contributed by atoms with Gasteiger partial charge in [0.2, 0.25) is 0 Å². The fraction of sp³-hybridized carbons (Fsp3) is 0.135. The van der Waals surface area contributed by atoms with Gasteiger partial charge in [-0.2, -0.15) is 0 Å². The monoisotopic (exact) mass is 515 g/mol. The molecule has 4 aromatic carbocycles. The molecule has 0 spiro atoms. The van der Waals surface area contributed by atoms with Crippen molar-refractivity contribution in [3.63, 3.8) is 0 Å². The minimum atomic E-state index is -0.183. The smallest absolute Gasteiger partial charge is 0.164 e. The number of benzene rings is 4. The van der Waals surface area contributed by atoms with Crippen LogP contribution in [0.4, 0.5) is 0 Å². The fourth-order valence-corrected chi connectivity index (χ4v) is 6.84. The number of allylic oxidation sites excluding steroid dienone is 1. The first-order valence-corrected chi connectivity index (χ1v) is 14.1. The molecule has 0 atom stereocenters. The Morgan fingerprint density at radius 2 is 1.43 bits per heavy atom. The van der Waals surface area contributed by atoms with Gasteiger partial charge in [0.25, 0.3) is 0 Å². The van der Waals surface area contributed by atoms with Crippen molar-refractivity contribution in [1.29, 1.82) is 0 Å². The second-order valence-corrected chi connectivity index (χ2v) is 11.4. The lowest BCUT2D eigenvalue weighted by Gasteiger charge is -2.29. The molecular weight excluding hydrogens is 486 g/mol. The van der Waals surface area contributed by atoms with E-state index in [1.54, 1.807) is 0 Å². The lowest BCUT2D eigenvalue weighted by atomic mass is 9.73. The quantitative estimate of drug-likeness (QED) is 0.230. The number of hydrogen-bond acceptors (Lipinski definition) is 2. The van der Waals surface area contributed by atoms with Crippen molar-refractivity contribution >= 4 is 40.2 Å². The Hall–Kier alpha value is -4.76. The molecule has 6 aromatic rings. The van der Waals surface area contributed by atoms with Crippen molar-refractivity contribution in [3.8, 4) is 17.1 Å². The van der Waals surface area contributed by atoms with Gasteiger partial charge in [-0.1, -0.05) is 111 Å². The summed E-state index contributed by atoms with van der Waals surface area (Å²) < 4.78 is 2.41. The molecule has 0 saturated carbocycles. The predicted octanol–water partition coefficient (Wildman–Crippen LogP) is 9.01. The summed E-state index contributed by atoms with van der Waals surface area (Å²) in [6.07, 6.45) is 11.2. The van der Waals surface area contributed by atoms with E-state index in [2.05, 4.69) is 122 Å². The van der Waals surface area contributed by atoms with E-state index >= 15 is 0 Å². The molecule has 3 heteroatoms. The minimum Gasteiger partial charge on any atom is -0.296 e. The molecule has 2 heterocycles. The molecule has 2 aliphatic carbocycles. The summed E-state index contributed by atoms with van der Waals surface area (Å²) in [6.45, 7) is 4.75. The van der Waals surface area contributed by atoms with Crippen LogP contribution in [-0.2, 0) is 11.8 Å². The molecule has 0 amide bonds. The second kappa shape index (κ2) is 8.62.